The van der Waals surface area contributed by atoms with Crippen molar-refractivity contribution in [3.05, 3.63) is 52.8 Å². The fourth-order valence-electron chi connectivity index (χ4n) is 1.87. The normalized spacial score (nSPS) is 10.3. The number of hydrogen-bond donors (Lipinski definition) is 2. The molecule has 2 aromatic rings. The van der Waals surface area contributed by atoms with Gasteiger partial charge in [-0.15, -0.1) is 0 Å². The highest BCUT2D eigenvalue weighted by atomic mass is 35.5. The zero-order valence-electron chi connectivity index (χ0n) is 12.5. The van der Waals surface area contributed by atoms with Crippen LogP contribution in [0.25, 0.3) is 0 Å². The van der Waals surface area contributed by atoms with E-state index in [4.69, 9.17) is 16.3 Å². The van der Waals surface area contributed by atoms with Crippen molar-refractivity contribution >= 4 is 28.9 Å². The Morgan fingerprint density at radius 2 is 2.14 bits per heavy atom. The van der Waals surface area contributed by atoms with Crippen molar-refractivity contribution in [1.82, 2.24) is 10.3 Å². The number of benzene rings is 1. The molecule has 0 bridgehead atoms. The molecule has 116 valence electrons. The third-order valence-electron chi connectivity index (χ3n) is 3.06. The van der Waals surface area contributed by atoms with Gasteiger partial charge in [0.1, 0.15) is 5.69 Å². The molecule has 1 heterocycles. The lowest BCUT2D eigenvalue weighted by Gasteiger charge is -2.11. The standard InChI is InChI=1S/C16H18ClN3O2/c1-11-3-4-12(17)9-14(11)20-13-5-6-18-15(10-13)16(21)19-7-8-22-2/h3-6,9-10H,7-8H2,1-2H3,(H,18,20)(H,19,21). The molecule has 0 atom stereocenters. The summed E-state index contributed by atoms with van der Waals surface area (Å²) < 4.78 is 4.90. The summed E-state index contributed by atoms with van der Waals surface area (Å²) in [7, 11) is 1.59. The lowest BCUT2D eigenvalue weighted by atomic mass is 10.2. The quantitative estimate of drug-likeness (QED) is 0.803. The Kier molecular flexibility index (Phi) is 5.75. The van der Waals surface area contributed by atoms with E-state index >= 15 is 0 Å². The van der Waals surface area contributed by atoms with Crippen LogP contribution in [0.2, 0.25) is 5.02 Å². The Balaban J connectivity index is 2.11. The van der Waals surface area contributed by atoms with Gasteiger partial charge in [-0.05, 0) is 36.8 Å². The first-order valence-electron chi connectivity index (χ1n) is 6.86. The number of aryl methyl sites for hydroxylation is 1. The fraction of sp³-hybridized carbons (Fsp3) is 0.250. The molecule has 1 aromatic heterocycles. The Labute approximate surface area is 134 Å². The van der Waals surface area contributed by atoms with Gasteiger partial charge in [-0.1, -0.05) is 17.7 Å². The van der Waals surface area contributed by atoms with Crippen LogP contribution in [0.1, 0.15) is 16.1 Å². The van der Waals surface area contributed by atoms with Crippen LogP contribution in [0, 0.1) is 6.92 Å². The summed E-state index contributed by atoms with van der Waals surface area (Å²) in [5.41, 5.74) is 3.08. The summed E-state index contributed by atoms with van der Waals surface area (Å²) in [6.45, 7) is 2.89. The van der Waals surface area contributed by atoms with Gasteiger partial charge in [-0.25, -0.2) is 0 Å². The number of hydrogen-bond acceptors (Lipinski definition) is 4. The predicted octanol–water partition coefficient (Wildman–Crippen LogP) is 3.16. The number of anilines is 2. The van der Waals surface area contributed by atoms with E-state index in [-0.39, 0.29) is 5.91 Å². The van der Waals surface area contributed by atoms with E-state index in [0.717, 1.165) is 16.9 Å². The molecule has 0 saturated heterocycles. The number of ether oxygens (including phenoxy) is 1. The van der Waals surface area contributed by atoms with Gasteiger partial charge in [0.2, 0.25) is 0 Å². The summed E-state index contributed by atoms with van der Waals surface area (Å²) in [4.78, 5) is 16.0. The van der Waals surface area contributed by atoms with Crippen molar-refractivity contribution in [2.45, 2.75) is 6.92 Å². The van der Waals surface area contributed by atoms with E-state index in [9.17, 15) is 4.79 Å². The minimum absolute atomic E-state index is 0.233. The van der Waals surface area contributed by atoms with Crippen LogP contribution in [0.4, 0.5) is 11.4 Å². The molecule has 2 rings (SSSR count). The van der Waals surface area contributed by atoms with E-state index in [0.29, 0.717) is 23.9 Å². The fourth-order valence-corrected chi connectivity index (χ4v) is 2.05. The molecule has 0 spiro atoms. The van der Waals surface area contributed by atoms with Crippen LogP contribution < -0.4 is 10.6 Å². The van der Waals surface area contributed by atoms with Gasteiger partial charge in [-0.3, -0.25) is 9.78 Å². The van der Waals surface area contributed by atoms with Gasteiger partial charge in [-0.2, -0.15) is 0 Å². The summed E-state index contributed by atoms with van der Waals surface area (Å²) in [5, 5.41) is 6.64. The lowest BCUT2D eigenvalue weighted by molar-refractivity contribution is 0.0932. The minimum atomic E-state index is -0.233. The number of carbonyl (C=O) groups excluding carboxylic acids is 1. The first-order chi connectivity index (χ1) is 10.6. The molecule has 22 heavy (non-hydrogen) atoms. The monoisotopic (exact) mass is 319 g/mol. The number of nitrogens with zero attached hydrogens (tertiary/aromatic N) is 1. The highest BCUT2D eigenvalue weighted by Crippen LogP contribution is 2.24. The Morgan fingerprint density at radius 3 is 2.91 bits per heavy atom. The maximum absolute atomic E-state index is 12.0. The van der Waals surface area contributed by atoms with Gasteiger partial charge in [0.25, 0.3) is 5.91 Å². The second kappa shape index (κ2) is 7.77. The Morgan fingerprint density at radius 1 is 1.32 bits per heavy atom. The maximum atomic E-state index is 12.0. The van der Waals surface area contributed by atoms with Gasteiger partial charge < -0.3 is 15.4 Å². The molecular formula is C16H18ClN3O2. The van der Waals surface area contributed by atoms with Crippen molar-refractivity contribution < 1.29 is 9.53 Å². The molecule has 5 nitrogen and oxygen atoms in total. The third kappa shape index (κ3) is 4.44. The van der Waals surface area contributed by atoms with E-state index in [1.165, 1.54) is 0 Å². The molecule has 0 aliphatic carbocycles. The molecule has 1 amide bonds. The smallest absolute Gasteiger partial charge is 0.270 e. The van der Waals surface area contributed by atoms with Crippen LogP contribution >= 0.6 is 11.6 Å². The van der Waals surface area contributed by atoms with Crippen molar-refractivity contribution in [2.24, 2.45) is 0 Å². The topological polar surface area (TPSA) is 63.2 Å². The molecule has 1 aromatic carbocycles. The SMILES string of the molecule is COCCNC(=O)c1cc(Nc2cc(Cl)ccc2C)ccn1. The van der Waals surface area contributed by atoms with Crippen LogP contribution in [0.3, 0.4) is 0 Å². The van der Waals surface area contributed by atoms with Crippen molar-refractivity contribution in [3.63, 3.8) is 0 Å². The number of carbonyl (C=O) groups is 1. The number of pyridine rings is 1. The van der Waals surface area contributed by atoms with Gasteiger partial charge in [0.15, 0.2) is 0 Å². The van der Waals surface area contributed by atoms with Crippen molar-refractivity contribution in [2.75, 3.05) is 25.6 Å². The Bertz CT molecular complexity index is 662. The first kappa shape index (κ1) is 16.3. The number of amides is 1. The zero-order valence-corrected chi connectivity index (χ0v) is 13.3. The average molecular weight is 320 g/mol. The average Bonchev–Trinajstić information content (AvgIpc) is 2.51. The third-order valence-corrected chi connectivity index (χ3v) is 3.30. The molecule has 0 aliphatic heterocycles. The highest BCUT2D eigenvalue weighted by molar-refractivity contribution is 6.30. The summed E-state index contributed by atoms with van der Waals surface area (Å²) in [6.07, 6.45) is 1.59. The Hall–Kier alpha value is -2.11. The van der Waals surface area contributed by atoms with Gasteiger partial charge in [0, 0.05) is 36.2 Å². The number of methoxy groups -OCH3 is 1. The second-order valence-electron chi connectivity index (χ2n) is 4.76. The number of nitrogens with one attached hydrogen (secondary N) is 2. The predicted molar refractivity (Wildman–Crippen MR) is 87.9 cm³/mol. The summed E-state index contributed by atoms with van der Waals surface area (Å²) >= 11 is 6.01. The van der Waals surface area contributed by atoms with E-state index in [1.54, 1.807) is 25.4 Å². The van der Waals surface area contributed by atoms with Crippen molar-refractivity contribution in [1.29, 1.82) is 0 Å². The number of halogens is 1. The minimum Gasteiger partial charge on any atom is -0.383 e. The van der Waals surface area contributed by atoms with Gasteiger partial charge >= 0.3 is 0 Å². The summed E-state index contributed by atoms with van der Waals surface area (Å²) in [6, 6.07) is 9.11. The molecule has 0 radical (unpaired) electrons. The second-order valence-corrected chi connectivity index (χ2v) is 5.20. The van der Waals surface area contributed by atoms with E-state index in [1.807, 2.05) is 25.1 Å². The molecule has 0 saturated carbocycles. The first-order valence-corrected chi connectivity index (χ1v) is 7.24. The van der Waals surface area contributed by atoms with Crippen LogP contribution in [-0.2, 0) is 4.74 Å². The number of aromatic nitrogens is 1. The molecule has 6 heteroatoms. The largest absolute Gasteiger partial charge is 0.383 e. The van der Waals surface area contributed by atoms with Gasteiger partial charge in [0.05, 0.1) is 6.61 Å². The zero-order chi connectivity index (χ0) is 15.9. The molecular weight excluding hydrogens is 302 g/mol. The molecule has 0 fully saturated rings. The molecule has 0 unspecified atom stereocenters. The summed E-state index contributed by atoms with van der Waals surface area (Å²) in [5.74, 6) is -0.233. The lowest BCUT2D eigenvalue weighted by Crippen LogP contribution is -2.27. The van der Waals surface area contributed by atoms with Crippen molar-refractivity contribution in [3.8, 4) is 0 Å². The molecule has 2 N–H and O–H groups in total. The highest BCUT2D eigenvalue weighted by Gasteiger charge is 2.08. The maximum Gasteiger partial charge on any atom is 0.270 e. The number of rotatable bonds is 6. The van der Waals surface area contributed by atoms with Crippen LogP contribution in [0.5, 0.6) is 0 Å². The molecule has 0 aliphatic rings. The van der Waals surface area contributed by atoms with E-state index < -0.39 is 0 Å². The van der Waals surface area contributed by atoms with E-state index in [2.05, 4.69) is 15.6 Å². The van der Waals surface area contributed by atoms with Crippen LogP contribution in [-0.4, -0.2) is 31.2 Å². The van der Waals surface area contributed by atoms with Crippen LogP contribution in [0.15, 0.2) is 36.5 Å².